The van der Waals surface area contributed by atoms with Gasteiger partial charge >= 0.3 is 0 Å². The maximum Gasteiger partial charge on any atom is 0.128 e. The molecule has 1 fully saturated rings. The molecule has 0 aliphatic heterocycles. The maximum absolute atomic E-state index is 10.9. The number of aliphatic imine (C=N–C) groups is 2. The summed E-state index contributed by atoms with van der Waals surface area (Å²) >= 11 is 0. The van der Waals surface area contributed by atoms with Crippen LogP contribution in [0.25, 0.3) is 0 Å². The smallest absolute Gasteiger partial charge is 0.128 e. The van der Waals surface area contributed by atoms with Crippen LogP contribution >= 0.6 is 0 Å². The van der Waals surface area contributed by atoms with Crippen molar-refractivity contribution in [2.24, 2.45) is 15.4 Å². The summed E-state index contributed by atoms with van der Waals surface area (Å²) in [6.07, 6.45) is 10.5. The molecule has 2 atom stereocenters. The van der Waals surface area contributed by atoms with Crippen molar-refractivity contribution in [1.29, 1.82) is 0 Å². The highest BCUT2D eigenvalue weighted by atomic mass is 16.3. The minimum absolute atomic E-state index is 0.0693. The molecule has 0 heterocycles. The summed E-state index contributed by atoms with van der Waals surface area (Å²) in [6, 6.07) is 5.99. The van der Waals surface area contributed by atoms with Crippen LogP contribution in [0.3, 0.4) is 0 Å². The van der Waals surface area contributed by atoms with E-state index in [2.05, 4.69) is 48.1 Å². The predicted octanol–water partition coefficient (Wildman–Crippen LogP) is 7.24. The molecule has 4 nitrogen and oxygen atoms in total. The van der Waals surface area contributed by atoms with Crippen molar-refractivity contribution in [2.45, 2.75) is 91.1 Å². The largest absolute Gasteiger partial charge is 0.507 e. The van der Waals surface area contributed by atoms with Crippen LogP contribution in [0.4, 0.5) is 0 Å². The van der Waals surface area contributed by atoms with Gasteiger partial charge in [0.05, 0.1) is 12.1 Å². The molecule has 2 aliphatic rings. The Morgan fingerprint density at radius 2 is 1.52 bits per heavy atom. The highest BCUT2D eigenvalue weighted by Gasteiger charge is 2.27. The lowest BCUT2D eigenvalue weighted by Gasteiger charge is -2.28. The predicted molar refractivity (Wildman–Crippen MR) is 140 cm³/mol. The number of para-hydroxylation sites is 1. The Balaban J connectivity index is 1.83. The van der Waals surface area contributed by atoms with Crippen molar-refractivity contribution < 1.29 is 10.2 Å². The first-order chi connectivity index (χ1) is 15.4. The van der Waals surface area contributed by atoms with Gasteiger partial charge in [-0.25, -0.2) is 0 Å². The van der Waals surface area contributed by atoms with Crippen LogP contribution in [0.5, 0.6) is 5.75 Å². The number of hydrogen-bond acceptors (Lipinski definition) is 4. The quantitative estimate of drug-likeness (QED) is 0.477. The van der Waals surface area contributed by atoms with Crippen LogP contribution in [0.1, 0.15) is 84.8 Å². The lowest BCUT2D eigenvalue weighted by Crippen LogP contribution is -2.27. The van der Waals surface area contributed by atoms with Crippen molar-refractivity contribution in [1.82, 2.24) is 0 Å². The first kappa shape index (κ1) is 25.0. The number of rotatable bonds is 4. The second-order valence-electron chi connectivity index (χ2n) is 11.5. The van der Waals surface area contributed by atoms with Gasteiger partial charge in [0.2, 0.25) is 0 Å². The van der Waals surface area contributed by atoms with Gasteiger partial charge in [0, 0.05) is 30.0 Å². The molecule has 0 aromatic heterocycles. The molecule has 0 radical (unpaired) electrons. The molecular formula is C29H40N2O2. The molecule has 178 valence electrons. The van der Waals surface area contributed by atoms with Gasteiger partial charge < -0.3 is 10.2 Å². The summed E-state index contributed by atoms with van der Waals surface area (Å²) in [7, 11) is 0. The Labute approximate surface area is 199 Å². The van der Waals surface area contributed by atoms with Gasteiger partial charge in [0.1, 0.15) is 11.5 Å². The highest BCUT2D eigenvalue weighted by Crippen LogP contribution is 2.37. The number of aliphatic hydroxyl groups excluding tert-OH is 1. The number of nitrogens with zero attached hydrogens (tertiary/aromatic N) is 2. The molecular weight excluding hydrogens is 408 g/mol. The fourth-order valence-electron chi connectivity index (χ4n) is 4.58. The van der Waals surface area contributed by atoms with E-state index in [-0.39, 0.29) is 22.9 Å². The monoisotopic (exact) mass is 448 g/mol. The highest BCUT2D eigenvalue weighted by molar-refractivity contribution is 5.85. The molecule has 33 heavy (non-hydrogen) atoms. The second-order valence-corrected chi connectivity index (χ2v) is 11.5. The lowest BCUT2D eigenvalue weighted by atomic mass is 9.79. The van der Waals surface area contributed by atoms with E-state index in [0.29, 0.717) is 17.9 Å². The third-order valence-electron chi connectivity index (χ3n) is 6.53. The normalized spacial score (nSPS) is 23.0. The summed E-state index contributed by atoms with van der Waals surface area (Å²) in [5.74, 6) is 0.639. The molecule has 0 spiro atoms. The van der Waals surface area contributed by atoms with Crippen LogP contribution in [0.2, 0.25) is 0 Å². The van der Waals surface area contributed by atoms with Crippen molar-refractivity contribution in [3.05, 3.63) is 64.5 Å². The first-order valence-corrected chi connectivity index (χ1v) is 12.1. The Bertz CT molecular complexity index is 1010. The van der Waals surface area contributed by atoms with E-state index in [1.165, 1.54) is 0 Å². The topological polar surface area (TPSA) is 65.2 Å². The molecule has 1 aromatic rings. The Morgan fingerprint density at radius 1 is 0.909 bits per heavy atom. The number of aromatic hydroxyl groups is 1. The van der Waals surface area contributed by atoms with Gasteiger partial charge in [-0.15, -0.1) is 0 Å². The fraction of sp³-hybridized carbons (Fsp3) is 0.517. The standard InChI is InChI=1S/C29H40N2O2/c1-19-15-21(27(33)23(16-19)29(5,6)7)18-31-25-14-9-8-13-24(25)30-17-20-11-10-12-22(26(20)32)28(2,3)4/h10-12,16-18,24-25,32-33H,1,8-9,13-15H2,2-7H3/t24-,25-/m0/s1. The third kappa shape index (κ3) is 6.04. The molecule has 1 aromatic carbocycles. The molecule has 1 saturated carbocycles. The van der Waals surface area contributed by atoms with Gasteiger partial charge in [0.15, 0.2) is 0 Å². The van der Waals surface area contributed by atoms with Gasteiger partial charge in [0.25, 0.3) is 0 Å². The van der Waals surface area contributed by atoms with E-state index in [4.69, 9.17) is 9.98 Å². The van der Waals surface area contributed by atoms with Crippen LogP contribution < -0.4 is 0 Å². The summed E-state index contributed by atoms with van der Waals surface area (Å²) in [5.41, 5.74) is 4.11. The molecule has 0 bridgehead atoms. The van der Waals surface area contributed by atoms with Gasteiger partial charge in [-0.3, -0.25) is 9.98 Å². The van der Waals surface area contributed by atoms with Crippen molar-refractivity contribution in [2.75, 3.05) is 0 Å². The van der Waals surface area contributed by atoms with E-state index >= 15 is 0 Å². The van der Waals surface area contributed by atoms with Crippen molar-refractivity contribution >= 4 is 12.4 Å². The Hall–Kier alpha value is -2.62. The zero-order chi connectivity index (χ0) is 24.4. The number of allylic oxidation sites excluding steroid dienone is 4. The van der Waals surface area contributed by atoms with E-state index in [1.54, 1.807) is 0 Å². The maximum atomic E-state index is 10.9. The van der Waals surface area contributed by atoms with Crippen molar-refractivity contribution in [3.8, 4) is 5.75 Å². The van der Waals surface area contributed by atoms with E-state index < -0.39 is 0 Å². The molecule has 2 N–H and O–H groups in total. The first-order valence-electron chi connectivity index (χ1n) is 12.1. The average molecular weight is 449 g/mol. The number of phenolic OH excluding ortho intramolecular Hbond substituents is 1. The van der Waals surface area contributed by atoms with E-state index in [1.807, 2.05) is 36.7 Å². The minimum atomic E-state index is -0.159. The fourth-order valence-corrected chi connectivity index (χ4v) is 4.58. The molecule has 4 heteroatoms. The van der Waals surface area contributed by atoms with E-state index in [9.17, 15) is 10.2 Å². The second kappa shape index (κ2) is 9.70. The zero-order valence-electron chi connectivity index (χ0n) is 21.2. The number of phenols is 1. The summed E-state index contributed by atoms with van der Waals surface area (Å²) in [6.45, 7) is 16.7. The molecule has 0 saturated heterocycles. The SMILES string of the molecule is C=C1C=C(C(C)(C)C)C(O)=C(C=N[C@H]2CCCC[C@@H]2N=Cc2cccc(C(C)(C)C)c2O)C1. The van der Waals surface area contributed by atoms with Crippen LogP contribution in [0, 0.1) is 5.41 Å². The Morgan fingerprint density at radius 3 is 2.09 bits per heavy atom. The summed E-state index contributed by atoms with van der Waals surface area (Å²) in [5, 5.41) is 21.6. The summed E-state index contributed by atoms with van der Waals surface area (Å²) in [4.78, 5) is 9.76. The Kier molecular flexibility index (Phi) is 7.36. The van der Waals surface area contributed by atoms with Crippen molar-refractivity contribution in [3.63, 3.8) is 0 Å². The van der Waals surface area contributed by atoms with Gasteiger partial charge in [-0.05, 0) is 40.9 Å². The third-order valence-corrected chi connectivity index (χ3v) is 6.53. The molecule has 0 unspecified atom stereocenters. The van der Waals surface area contributed by atoms with E-state index in [0.717, 1.165) is 53.5 Å². The lowest BCUT2D eigenvalue weighted by molar-refractivity contribution is 0.371. The summed E-state index contributed by atoms with van der Waals surface area (Å²) < 4.78 is 0. The van der Waals surface area contributed by atoms with Gasteiger partial charge in [-0.1, -0.05) is 84.7 Å². The van der Waals surface area contributed by atoms with Crippen LogP contribution in [-0.4, -0.2) is 34.7 Å². The molecule has 3 rings (SSSR count). The minimum Gasteiger partial charge on any atom is -0.507 e. The number of benzene rings is 1. The zero-order valence-corrected chi connectivity index (χ0v) is 21.2. The van der Waals surface area contributed by atoms with Crippen LogP contribution in [0.15, 0.2) is 63.3 Å². The molecule has 0 amide bonds. The van der Waals surface area contributed by atoms with Gasteiger partial charge in [-0.2, -0.15) is 0 Å². The number of hydrogen-bond donors (Lipinski definition) is 2. The molecule has 2 aliphatic carbocycles. The average Bonchev–Trinajstić information content (AvgIpc) is 2.72. The van der Waals surface area contributed by atoms with Crippen LogP contribution in [-0.2, 0) is 5.41 Å². The number of aliphatic hydroxyl groups is 1.